The fourth-order valence-corrected chi connectivity index (χ4v) is 1.18. The Bertz CT molecular complexity index is 418. The maximum Gasteiger partial charge on any atom is 0.573 e. The Labute approximate surface area is 108 Å². The highest BCUT2D eigenvalue weighted by molar-refractivity contribution is 5.92. The Morgan fingerprint density at radius 1 is 1.32 bits per heavy atom. The van der Waals surface area contributed by atoms with Crippen molar-refractivity contribution in [1.82, 2.24) is 0 Å². The summed E-state index contributed by atoms with van der Waals surface area (Å²) >= 11 is 0. The molecule has 106 valence electrons. The van der Waals surface area contributed by atoms with E-state index in [0.29, 0.717) is 18.8 Å². The van der Waals surface area contributed by atoms with Crippen molar-refractivity contribution >= 4 is 11.6 Å². The molecule has 3 N–H and O–H groups in total. The molecule has 0 heterocycles. The third-order valence-electron chi connectivity index (χ3n) is 1.94. The molecule has 0 bridgehead atoms. The van der Waals surface area contributed by atoms with Crippen molar-refractivity contribution in [2.75, 3.05) is 25.6 Å². The number of hydrogen-bond donors (Lipinski definition) is 2. The zero-order valence-corrected chi connectivity index (χ0v) is 10.2. The van der Waals surface area contributed by atoms with Crippen LogP contribution in [0, 0.1) is 0 Å². The number of nitrogens with zero attached hydrogens (tertiary/aromatic N) is 1. The van der Waals surface area contributed by atoms with E-state index in [9.17, 15) is 13.2 Å². The maximum absolute atomic E-state index is 11.9. The number of nitrogens with one attached hydrogen (secondary N) is 1. The third kappa shape index (κ3) is 6.51. The van der Waals surface area contributed by atoms with Gasteiger partial charge in [-0.05, 0) is 24.3 Å². The van der Waals surface area contributed by atoms with Gasteiger partial charge < -0.3 is 20.5 Å². The van der Waals surface area contributed by atoms with Crippen LogP contribution >= 0.6 is 0 Å². The van der Waals surface area contributed by atoms with Gasteiger partial charge in [0.25, 0.3) is 0 Å². The monoisotopic (exact) mass is 277 g/mol. The number of rotatable bonds is 5. The molecule has 8 heteroatoms. The predicted molar refractivity (Wildman–Crippen MR) is 65.1 cm³/mol. The molecule has 1 aromatic rings. The first-order chi connectivity index (χ1) is 8.90. The van der Waals surface area contributed by atoms with Gasteiger partial charge in [0.15, 0.2) is 5.96 Å². The van der Waals surface area contributed by atoms with Gasteiger partial charge in [-0.3, -0.25) is 4.99 Å². The van der Waals surface area contributed by atoms with E-state index in [1.165, 1.54) is 24.3 Å². The van der Waals surface area contributed by atoms with Gasteiger partial charge in [-0.1, -0.05) is 0 Å². The molecule has 0 atom stereocenters. The lowest BCUT2D eigenvalue weighted by molar-refractivity contribution is -0.274. The zero-order chi connectivity index (χ0) is 14.3. The van der Waals surface area contributed by atoms with Crippen LogP contribution in [0.25, 0.3) is 0 Å². The van der Waals surface area contributed by atoms with Crippen molar-refractivity contribution < 1.29 is 22.6 Å². The van der Waals surface area contributed by atoms with Gasteiger partial charge in [0.2, 0.25) is 0 Å². The van der Waals surface area contributed by atoms with Crippen LogP contribution in [0.5, 0.6) is 5.75 Å². The molecule has 0 unspecified atom stereocenters. The topological polar surface area (TPSA) is 68.9 Å². The van der Waals surface area contributed by atoms with E-state index in [1.54, 1.807) is 7.11 Å². The number of aliphatic imine (C=N–C) groups is 1. The van der Waals surface area contributed by atoms with Gasteiger partial charge in [-0.25, -0.2) is 0 Å². The third-order valence-corrected chi connectivity index (χ3v) is 1.94. The normalized spacial score (nSPS) is 12.3. The van der Waals surface area contributed by atoms with Gasteiger partial charge in [0, 0.05) is 12.8 Å². The van der Waals surface area contributed by atoms with E-state index in [0.717, 1.165) is 0 Å². The summed E-state index contributed by atoms with van der Waals surface area (Å²) in [6, 6.07) is 5.16. The first-order valence-electron chi connectivity index (χ1n) is 5.32. The van der Waals surface area contributed by atoms with Crippen LogP contribution in [-0.2, 0) is 4.74 Å². The summed E-state index contributed by atoms with van der Waals surface area (Å²) in [5, 5.41) is 2.73. The molecule has 0 aliphatic rings. The van der Waals surface area contributed by atoms with E-state index in [2.05, 4.69) is 15.0 Å². The average molecular weight is 277 g/mol. The van der Waals surface area contributed by atoms with Crippen molar-refractivity contribution in [2.45, 2.75) is 6.36 Å². The number of hydrogen-bond acceptors (Lipinski definition) is 3. The molecule has 0 radical (unpaired) electrons. The van der Waals surface area contributed by atoms with E-state index in [1.807, 2.05) is 0 Å². The molecule has 5 nitrogen and oxygen atoms in total. The molecular formula is C11H14F3N3O2. The smallest absolute Gasteiger partial charge is 0.406 e. The minimum Gasteiger partial charge on any atom is -0.406 e. The summed E-state index contributed by atoms with van der Waals surface area (Å²) in [5.74, 6) is -0.144. The van der Waals surface area contributed by atoms with Crippen LogP contribution in [-0.4, -0.2) is 32.6 Å². The number of ether oxygens (including phenoxy) is 2. The first-order valence-corrected chi connectivity index (χ1v) is 5.32. The van der Waals surface area contributed by atoms with Crippen molar-refractivity contribution in [3.05, 3.63) is 24.3 Å². The molecule has 0 saturated carbocycles. The van der Waals surface area contributed by atoms with E-state index >= 15 is 0 Å². The van der Waals surface area contributed by atoms with Gasteiger partial charge in [0.1, 0.15) is 5.75 Å². The van der Waals surface area contributed by atoms with Crippen molar-refractivity contribution in [1.29, 1.82) is 0 Å². The highest BCUT2D eigenvalue weighted by Gasteiger charge is 2.30. The van der Waals surface area contributed by atoms with Crippen LogP contribution in [0.1, 0.15) is 0 Å². The number of anilines is 1. The van der Waals surface area contributed by atoms with Crippen LogP contribution in [0.15, 0.2) is 29.3 Å². The van der Waals surface area contributed by atoms with Crippen LogP contribution in [0.3, 0.4) is 0 Å². The molecule has 0 spiro atoms. The molecule has 0 aromatic heterocycles. The van der Waals surface area contributed by atoms with E-state index in [4.69, 9.17) is 10.5 Å². The largest absolute Gasteiger partial charge is 0.573 e. The fraction of sp³-hybridized carbons (Fsp3) is 0.364. The van der Waals surface area contributed by atoms with Gasteiger partial charge in [-0.15, -0.1) is 13.2 Å². The number of alkyl halides is 3. The molecule has 0 saturated heterocycles. The SMILES string of the molecule is COCCN=C(N)Nc1ccc(OC(F)(F)F)cc1. The van der Waals surface area contributed by atoms with Crippen LogP contribution < -0.4 is 15.8 Å². The minimum absolute atomic E-state index is 0.154. The maximum atomic E-state index is 11.9. The zero-order valence-electron chi connectivity index (χ0n) is 10.2. The summed E-state index contributed by atoms with van der Waals surface area (Å²) in [7, 11) is 1.54. The Hall–Kier alpha value is -1.96. The second-order valence-corrected chi connectivity index (χ2v) is 3.46. The summed E-state index contributed by atoms with van der Waals surface area (Å²) in [6.45, 7) is 0.825. The Balaban J connectivity index is 2.54. The molecular weight excluding hydrogens is 263 g/mol. The number of methoxy groups -OCH3 is 1. The Morgan fingerprint density at radius 2 is 1.95 bits per heavy atom. The highest BCUT2D eigenvalue weighted by atomic mass is 19.4. The summed E-state index contributed by atoms with van der Waals surface area (Å²) in [4.78, 5) is 3.94. The lowest BCUT2D eigenvalue weighted by Gasteiger charge is -2.10. The minimum atomic E-state index is -4.70. The molecule has 0 aliphatic carbocycles. The Kier molecular flexibility index (Phi) is 5.43. The van der Waals surface area contributed by atoms with Gasteiger partial charge in [-0.2, -0.15) is 0 Å². The highest BCUT2D eigenvalue weighted by Crippen LogP contribution is 2.23. The number of nitrogens with two attached hydrogens (primary N) is 1. The average Bonchev–Trinajstić information content (AvgIpc) is 2.30. The van der Waals surface area contributed by atoms with Gasteiger partial charge in [0.05, 0.1) is 13.2 Å². The molecule has 0 amide bonds. The van der Waals surface area contributed by atoms with Crippen molar-refractivity contribution in [2.24, 2.45) is 10.7 Å². The van der Waals surface area contributed by atoms with E-state index in [-0.39, 0.29) is 11.7 Å². The number of halogens is 3. The van der Waals surface area contributed by atoms with Crippen LogP contribution in [0.4, 0.5) is 18.9 Å². The number of guanidine groups is 1. The molecule has 1 rings (SSSR count). The van der Waals surface area contributed by atoms with E-state index < -0.39 is 6.36 Å². The molecule has 0 aliphatic heterocycles. The van der Waals surface area contributed by atoms with Crippen LogP contribution in [0.2, 0.25) is 0 Å². The molecule has 1 aromatic carbocycles. The summed E-state index contributed by atoms with van der Waals surface area (Å²) in [6.07, 6.45) is -4.70. The van der Waals surface area contributed by atoms with Crippen molar-refractivity contribution in [3.8, 4) is 5.75 Å². The fourth-order valence-electron chi connectivity index (χ4n) is 1.18. The van der Waals surface area contributed by atoms with Crippen molar-refractivity contribution in [3.63, 3.8) is 0 Å². The second-order valence-electron chi connectivity index (χ2n) is 3.46. The quantitative estimate of drug-likeness (QED) is 0.490. The standard InChI is InChI=1S/C11H14F3N3O2/c1-18-7-6-16-10(15)17-8-2-4-9(5-3-8)19-11(12,13)14/h2-5H,6-7H2,1H3,(H3,15,16,17). The molecule has 0 fully saturated rings. The lowest BCUT2D eigenvalue weighted by atomic mass is 10.3. The lowest BCUT2D eigenvalue weighted by Crippen LogP contribution is -2.23. The predicted octanol–water partition coefficient (Wildman–Crippen LogP) is 1.96. The molecule has 19 heavy (non-hydrogen) atoms. The number of benzene rings is 1. The second kappa shape index (κ2) is 6.83. The summed E-state index contributed by atoms with van der Waals surface area (Å²) in [5.41, 5.74) is 6.07. The Morgan fingerprint density at radius 3 is 2.47 bits per heavy atom. The van der Waals surface area contributed by atoms with Gasteiger partial charge >= 0.3 is 6.36 Å². The summed E-state index contributed by atoms with van der Waals surface area (Å²) < 4.78 is 44.3. The first kappa shape index (κ1) is 15.1.